The van der Waals surface area contributed by atoms with Crippen molar-refractivity contribution in [3.8, 4) is 0 Å². The zero-order valence-electron chi connectivity index (χ0n) is 13.7. The summed E-state index contributed by atoms with van der Waals surface area (Å²) in [5, 5.41) is 9.84. The summed E-state index contributed by atoms with van der Waals surface area (Å²) in [4.78, 5) is 26.9. The average molecular weight is 347 g/mol. The molecular formula is C17H21N3O3S. The lowest BCUT2D eigenvalue weighted by atomic mass is 9.96. The maximum atomic E-state index is 12.3. The van der Waals surface area contributed by atoms with Crippen LogP contribution in [0.4, 0.5) is 0 Å². The Hall–Kier alpha value is -2.02. The van der Waals surface area contributed by atoms with Gasteiger partial charge in [0.1, 0.15) is 0 Å². The third kappa shape index (κ3) is 4.08. The van der Waals surface area contributed by atoms with Crippen molar-refractivity contribution < 1.29 is 14.0 Å². The monoisotopic (exact) mass is 347 g/mol. The van der Waals surface area contributed by atoms with Gasteiger partial charge in [0.25, 0.3) is 0 Å². The molecule has 2 aromatic heterocycles. The van der Waals surface area contributed by atoms with Gasteiger partial charge in [-0.2, -0.15) is 0 Å². The number of hydrogen-bond acceptors (Lipinski definition) is 6. The largest absolute Gasteiger partial charge is 0.425 e. The van der Waals surface area contributed by atoms with E-state index in [9.17, 15) is 9.59 Å². The highest BCUT2D eigenvalue weighted by atomic mass is 32.1. The van der Waals surface area contributed by atoms with Gasteiger partial charge in [0.05, 0.1) is 4.88 Å². The molecule has 0 saturated carbocycles. The molecule has 1 fully saturated rings. The SMILES string of the molecule is Cc1nnc(C2CCN(C(=O)CCCC(=O)c3cccs3)CC2)o1. The van der Waals surface area contributed by atoms with E-state index in [1.165, 1.54) is 11.3 Å². The van der Waals surface area contributed by atoms with Gasteiger partial charge in [0, 0.05) is 38.8 Å². The molecule has 0 bridgehead atoms. The van der Waals surface area contributed by atoms with Crippen LogP contribution in [0.1, 0.15) is 59.5 Å². The Balaban J connectivity index is 1.40. The summed E-state index contributed by atoms with van der Waals surface area (Å²) in [5.41, 5.74) is 0. The molecule has 7 heteroatoms. The van der Waals surface area contributed by atoms with Crippen LogP contribution in [0.2, 0.25) is 0 Å². The summed E-state index contributed by atoms with van der Waals surface area (Å²) in [5.74, 6) is 1.77. The van der Waals surface area contributed by atoms with Crippen LogP contribution in [0, 0.1) is 6.92 Å². The Morgan fingerprint density at radius 3 is 2.71 bits per heavy atom. The van der Waals surface area contributed by atoms with Crippen molar-refractivity contribution >= 4 is 23.0 Å². The molecule has 1 aliphatic heterocycles. The van der Waals surface area contributed by atoms with E-state index in [0.29, 0.717) is 44.1 Å². The summed E-state index contributed by atoms with van der Waals surface area (Å²) >= 11 is 1.45. The van der Waals surface area contributed by atoms with Crippen LogP contribution in [-0.4, -0.2) is 39.9 Å². The number of amides is 1. The molecule has 0 N–H and O–H groups in total. The average Bonchev–Trinajstić information content (AvgIpc) is 3.26. The lowest BCUT2D eigenvalue weighted by Crippen LogP contribution is -2.37. The van der Waals surface area contributed by atoms with E-state index in [0.717, 1.165) is 17.7 Å². The molecule has 1 amide bonds. The smallest absolute Gasteiger partial charge is 0.222 e. The fourth-order valence-corrected chi connectivity index (χ4v) is 3.67. The number of aryl methyl sites for hydroxylation is 1. The highest BCUT2D eigenvalue weighted by molar-refractivity contribution is 7.12. The highest BCUT2D eigenvalue weighted by Gasteiger charge is 2.26. The van der Waals surface area contributed by atoms with Crippen LogP contribution < -0.4 is 0 Å². The zero-order valence-corrected chi connectivity index (χ0v) is 14.6. The predicted molar refractivity (Wildman–Crippen MR) is 90.1 cm³/mol. The molecule has 1 aliphatic rings. The van der Waals surface area contributed by atoms with Gasteiger partial charge in [0.15, 0.2) is 5.78 Å². The van der Waals surface area contributed by atoms with Crippen LogP contribution in [0.5, 0.6) is 0 Å². The lowest BCUT2D eigenvalue weighted by molar-refractivity contribution is -0.132. The van der Waals surface area contributed by atoms with Crippen molar-refractivity contribution in [3.63, 3.8) is 0 Å². The molecule has 24 heavy (non-hydrogen) atoms. The zero-order chi connectivity index (χ0) is 16.9. The van der Waals surface area contributed by atoms with E-state index in [1.54, 1.807) is 6.92 Å². The first kappa shape index (κ1) is 16.8. The van der Waals surface area contributed by atoms with Crippen molar-refractivity contribution in [3.05, 3.63) is 34.2 Å². The summed E-state index contributed by atoms with van der Waals surface area (Å²) in [6.45, 7) is 3.21. The topological polar surface area (TPSA) is 76.3 Å². The number of piperidine rings is 1. The Kier molecular flexibility index (Phi) is 5.40. The van der Waals surface area contributed by atoms with Crippen LogP contribution in [0.15, 0.2) is 21.9 Å². The number of ketones is 1. The second kappa shape index (κ2) is 7.70. The van der Waals surface area contributed by atoms with Crippen molar-refractivity contribution in [1.29, 1.82) is 0 Å². The maximum Gasteiger partial charge on any atom is 0.222 e. The van der Waals surface area contributed by atoms with Gasteiger partial charge in [-0.3, -0.25) is 9.59 Å². The maximum absolute atomic E-state index is 12.3. The molecule has 0 radical (unpaired) electrons. The van der Waals surface area contributed by atoms with Gasteiger partial charge in [-0.15, -0.1) is 21.5 Å². The number of carbonyl (C=O) groups excluding carboxylic acids is 2. The molecule has 0 unspecified atom stereocenters. The predicted octanol–water partition coefficient (Wildman–Crippen LogP) is 3.20. The molecule has 3 rings (SSSR count). The first-order valence-electron chi connectivity index (χ1n) is 8.28. The Labute approximate surface area is 144 Å². The van der Waals surface area contributed by atoms with E-state index in [-0.39, 0.29) is 17.6 Å². The second-order valence-corrected chi connectivity index (χ2v) is 7.02. The minimum Gasteiger partial charge on any atom is -0.425 e. The summed E-state index contributed by atoms with van der Waals surface area (Å²) in [6, 6.07) is 3.71. The van der Waals surface area contributed by atoms with Crippen molar-refractivity contribution in [2.45, 2.75) is 44.9 Å². The molecule has 128 valence electrons. The Bertz CT molecular complexity index is 688. The molecule has 0 atom stereocenters. The van der Waals surface area contributed by atoms with E-state index in [2.05, 4.69) is 10.2 Å². The molecule has 0 aliphatic carbocycles. The second-order valence-electron chi connectivity index (χ2n) is 6.07. The van der Waals surface area contributed by atoms with Crippen LogP contribution in [0.3, 0.4) is 0 Å². The number of thiophene rings is 1. The number of carbonyl (C=O) groups is 2. The Morgan fingerprint density at radius 2 is 2.08 bits per heavy atom. The van der Waals surface area contributed by atoms with Crippen molar-refractivity contribution in [2.24, 2.45) is 0 Å². The first-order valence-corrected chi connectivity index (χ1v) is 9.16. The fourth-order valence-electron chi connectivity index (χ4n) is 2.97. The number of Topliss-reactive ketones (excluding diaryl/α,β-unsaturated/α-hetero) is 1. The van der Waals surface area contributed by atoms with Gasteiger partial charge in [-0.25, -0.2) is 0 Å². The minimum atomic E-state index is 0.128. The molecule has 6 nitrogen and oxygen atoms in total. The summed E-state index contributed by atoms with van der Waals surface area (Å²) in [7, 11) is 0. The summed E-state index contributed by atoms with van der Waals surface area (Å²) in [6.07, 6.45) is 3.17. The van der Waals surface area contributed by atoms with Gasteiger partial charge >= 0.3 is 0 Å². The van der Waals surface area contributed by atoms with Gasteiger partial charge in [-0.05, 0) is 30.7 Å². The third-order valence-corrected chi connectivity index (χ3v) is 5.24. The molecule has 0 aromatic carbocycles. The normalized spacial score (nSPS) is 15.6. The summed E-state index contributed by atoms with van der Waals surface area (Å²) < 4.78 is 5.48. The number of likely N-dealkylation sites (tertiary alicyclic amines) is 1. The minimum absolute atomic E-state index is 0.128. The standard InChI is InChI=1S/C17H21N3O3S/c1-12-18-19-17(23-12)13-7-9-20(10-8-13)16(22)6-2-4-14(21)15-5-3-11-24-15/h3,5,11,13H,2,4,6-10H2,1H3. The van der Waals surface area contributed by atoms with Crippen molar-refractivity contribution in [1.82, 2.24) is 15.1 Å². The lowest BCUT2D eigenvalue weighted by Gasteiger charge is -2.30. The van der Waals surface area contributed by atoms with E-state index in [1.807, 2.05) is 22.4 Å². The van der Waals surface area contributed by atoms with Crippen molar-refractivity contribution in [2.75, 3.05) is 13.1 Å². The third-order valence-electron chi connectivity index (χ3n) is 4.33. The van der Waals surface area contributed by atoms with Crippen LogP contribution >= 0.6 is 11.3 Å². The molecule has 3 heterocycles. The fraction of sp³-hybridized carbons (Fsp3) is 0.529. The number of hydrogen-bond donors (Lipinski definition) is 0. The number of rotatable bonds is 6. The highest BCUT2D eigenvalue weighted by Crippen LogP contribution is 2.27. The van der Waals surface area contributed by atoms with Crippen LogP contribution in [0.25, 0.3) is 0 Å². The Morgan fingerprint density at radius 1 is 1.29 bits per heavy atom. The van der Waals surface area contributed by atoms with E-state index in [4.69, 9.17) is 4.42 Å². The quantitative estimate of drug-likeness (QED) is 0.750. The molecule has 1 saturated heterocycles. The van der Waals surface area contributed by atoms with Gasteiger partial charge in [0.2, 0.25) is 17.7 Å². The first-order chi connectivity index (χ1) is 11.6. The van der Waals surface area contributed by atoms with Gasteiger partial charge in [-0.1, -0.05) is 6.07 Å². The van der Waals surface area contributed by atoms with Gasteiger partial charge < -0.3 is 9.32 Å². The number of nitrogens with zero attached hydrogens (tertiary/aromatic N) is 3. The number of aromatic nitrogens is 2. The molecular weight excluding hydrogens is 326 g/mol. The molecule has 2 aromatic rings. The van der Waals surface area contributed by atoms with Crippen LogP contribution in [-0.2, 0) is 4.79 Å². The van der Waals surface area contributed by atoms with E-state index < -0.39 is 0 Å². The molecule has 0 spiro atoms. The van der Waals surface area contributed by atoms with E-state index >= 15 is 0 Å².